The van der Waals surface area contributed by atoms with E-state index in [9.17, 15) is 9.90 Å². The number of rotatable bonds is 4. The number of likely N-dealkylation sites (tertiary alicyclic amines) is 1. The molecule has 1 N–H and O–H groups in total. The summed E-state index contributed by atoms with van der Waals surface area (Å²) in [7, 11) is 3.93. The predicted molar refractivity (Wildman–Crippen MR) is 64.7 cm³/mol. The summed E-state index contributed by atoms with van der Waals surface area (Å²) in [6.07, 6.45) is 3.42. The van der Waals surface area contributed by atoms with Crippen LogP contribution in [-0.2, 0) is 11.3 Å². The molecule has 1 aliphatic heterocycles. The van der Waals surface area contributed by atoms with Gasteiger partial charge in [-0.3, -0.25) is 4.79 Å². The Bertz CT molecular complexity index is 392. The van der Waals surface area contributed by atoms with E-state index in [0.29, 0.717) is 13.0 Å². The molecule has 0 spiro atoms. The molecule has 0 aliphatic carbocycles. The maximum Gasteiger partial charge on any atom is 0.244 e. The van der Waals surface area contributed by atoms with Gasteiger partial charge in [-0.15, -0.1) is 5.10 Å². The molecule has 7 nitrogen and oxygen atoms in total. The molecule has 1 saturated heterocycles. The first-order valence-electron chi connectivity index (χ1n) is 6.02. The Kier molecular flexibility index (Phi) is 3.93. The molecule has 18 heavy (non-hydrogen) atoms. The van der Waals surface area contributed by atoms with E-state index in [1.54, 1.807) is 17.3 Å². The highest BCUT2D eigenvalue weighted by Gasteiger charge is 2.34. The van der Waals surface area contributed by atoms with Crippen LogP contribution in [0.1, 0.15) is 6.42 Å². The first-order chi connectivity index (χ1) is 8.56. The average molecular weight is 253 g/mol. The van der Waals surface area contributed by atoms with Crippen molar-refractivity contribution in [3.63, 3.8) is 0 Å². The van der Waals surface area contributed by atoms with Gasteiger partial charge in [0, 0.05) is 25.3 Å². The van der Waals surface area contributed by atoms with Crippen LogP contribution in [0.5, 0.6) is 0 Å². The fourth-order valence-electron chi connectivity index (χ4n) is 2.34. The number of carbonyl (C=O) groups is 1. The first kappa shape index (κ1) is 13.0. The summed E-state index contributed by atoms with van der Waals surface area (Å²) in [5.74, 6) is -0.0242. The average Bonchev–Trinajstić information content (AvgIpc) is 2.87. The van der Waals surface area contributed by atoms with Gasteiger partial charge in [0.15, 0.2) is 0 Å². The third-order valence-corrected chi connectivity index (χ3v) is 3.06. The van der Waals surface area contributed by atoms with Gasteiger partial charge in [0.1, 0.15) is 6.54 Å². The molecule has 2 atom stereocenters. The van der Waals surface area contributed by atoms with Crippen molar-refractivity contribution in [3.8, 4) is 0 Å². The van der Waals surface area contributed by atoms with E-state index < -0.39 is 6.10 Å². The molecule has 7 heteroatoms. The first-order valence-corrected chi connectivity index (χ1v) is 6.02. The molecule has 1 aromatic heterocycles. The SMILES string of the molecule is CN(C)CC1CC(O)CN1C(=O)Cn1ccnn1. The summed E-state index contributed by atoms with van der Waals surface area (Å²) < 4.78 is 1.50. The molecule has 2 heterocycles. The van der Waals surface area contributed by atoms with E-state index in [1.165, 1.54) is 4.68 Å². The summed E-state index contributed by atoms with van der Waals surface area (Å²) in [4.78, 5) is 15.9. The molecule has 1 aromatic rings. The number of nitrogens with zero attached hydrogens (tertiary/aromatic N) is 5. The summed E-state index contributed by atoms with van der Waals surface area (Å²) in [6, 6.07) is 0.0750. The highest BCUT2D eigenvalue weighted by atomic mass is 16.3. The fourth-order valence-corrected chi connectivity index (χ4v) is 2.34. The quantitative estimate of drug-likeness (QED) is 0.729. The maximum atomic E-state index is 12.2. The molecule has 0 radical (unpaired) electrons. The molecule has 0 aromatic carbocycles. The van der Waals surface area contributed by atoms with E-state index in [2.05, 4.69) is 10.3 Å². The second kappa shape index (κ2) is 5.45. The molecule has 2 rings (SSSR count). The van der Waals surface area contributed by atoms with E-state index >= 15 is 0 Å². The van der Waals surface area contributed by atoms with Crippen LogP contribution in [-0.4, -0.2) is 75.1 Å². The minimum Gasteiger partial charge on any atom is -0.391 e. The topological polar surface area (TPSA) is 74.5 Å². The summed E-state index contributed by atoms with van der Waals surface area (Å²) in [6.45, 7) is 1.35. The van der Waals surface area contributed by atoms with Crippen LogP contribution in [0.25, 0.3) is 0 Å². The van der Waals surface area contributed by atoms with Crippen molar-refractivity contribution in [1.29, 1.82) is 0 Å². The van der Waals surface area contributed by atoms with Crippen LogP contribution in [0.15, 0.2) is 12.4 Å². The van der Waals surface area contributed by atoms with Crippen LogP contribution >= 0.6 is 0 Å². The standard InChI is InChI=1S/C11H19N5O2/c1-14(2)6-9-5-10(17)7-16(9)11(18)8-15-4-3-12-13-15/h3-4,9-10,17H,5-8H2,1-2H3. The van der Waals surface area contributed by atoms with Gasteiger partial charge in [-0.25, -0.2) is 4.68 Å². The van der Waals surface area contributed by atoms with Crippen LogP contribution in [0, 0.1) is 0 Å². The minimum atomic E-state index is -0.422. The van der Waals surface area contributed by atoms with Crippen LogP contribution in [0.2, 0.25) is 0 Å². The largest absolute Gasteiger partial charge is 0.391 e. The van der Waals surface area contributed by atoms with Gasteiger partial charge in [-0.05, 0) is 20.5 Å². The normalized spacial score (nSPS) is 23.9. The second-order valence-corrected chi connectivity index (χ2v) is 4.95. The molecule has 1 amide bonds. The van der Waals surface area contributed by atoms with Gasteiger partial charge in [0.05, 0.1) is 12.3 Å². The third kappa shape index (κ3) is 3.05. The Morgan fingerprint density at radius 2 is 2.33 bits per heavy atom. The Labute approximate surface area is 106 Å². The molecule has 2 unspecified atom stereocenters. The lowest BCUT2D eigenvalue weighted by Gasteiger charge is -2.26. The molecule has 1 fully saturated rings. The number of β-amino-alcohol motifs (C(OH)–C–C–N with tert-alkyl or cyclic N) is 1. The van der Waals surface area contributed by atoms with Crippen molar-refractivity contribution in [1.82, 2.24) is 24.8 Å². The summed E-state index contributed by atoms with van der Waals surface area (Å²) in [5.41, 5.74) is 0. The van der Waals surface area contributed by atoms with Crippen molar-refractivity contribution >= 4 is 5.91 Å². The van der Waals surface area contributed by atoms with Gasteiger partial charge >= 0.3 is 0 Å². The number of amides is 1. The molecular formula is C11H19N5O2. The van der Waals surface area contributed by atoms with Crippen molar-refractivity contribution in [2.45, 2.75) is 25.1 Å². The number of carbonyl (C=O) groups excluding carboxylic acids is 1. The monoisotopic (exact) mass is 253 g/mol. The number of hydrogen-bond acceptors (Lipinski definition) is 5. The molecular weight excluding hydrogens is 234 g/mol. The van der Waals surface area contributed by atoms with Crippen molar-refractivity contribution in [2.75, 3.05) is 27.2 Å². The van der Waals surface area contributed by atoms with Crippen LogP contribution in [0.3, 0.4) is 0 Å². The van der Waals surface area contributed by atoms with Gasteiger partial charge in [-0.2, -0.15) is 0 Å². The highest BCUT2D eigenvalue weighted by molar-refractivity contribution is 5.76. The number of hydrogen-bond donors (Lipinski definition) is 1. The zero-order valence-corrected chi connectivity index (χ0v) is 10.7. The number of aromatic nitrogens is 3. The Morgan fingerprint density at radius 3 is 2.94 bits per heavy atom. The van der Waals surface area contributed by atoms with Gasteiger partial charge in [0.25, 0.3) is 0 Å². The lowest BCUT2D eigenvalue weighted by molar-refractivity contribution is -0.133. The number of aliphatic hydroxyl groups is 1. The zero-order chi connectivity index (χ0) is 13.1. The highest BCUT2D eigenvalue weighted by Crippen LogP contribution is 2.18. The predicted octanol–water partition coefficient (Wildman–Crippen LogP) is -1.20. The Morgan fingerprint density at radius 1 is 1.56 bits per heavy atom. The summed E-state index contributed by atoms with van der Waals surface area (Å²) >= 11 is 0. The van der Waals surface area contributed by atoms with E-state index in [0.717, 1.165) is 6.54 Å². The zero-order valence-electron chi connectivity index (χ0n) is 10.7. The Balaban J connectivity index is 1.98. The van der Waals surface area contributed by atoms with Crippen molar-refractivity contribution in [2.24, 2.45) is 0 Å². The second-order valence-electron chi connectivity index (χ2n) is 4.95. The minimum absolute atomic E-state index is 0.0242. The van der Waals surface area contributed by atoms with Gasteiger partial charge < -0.3 is 14.9 Å². The molecule has 1 aliphatic rings. The molecule has 100 valence electrons. The number of likely N-dealkylation sites (N-methyl/N-ethyl adjacent to an activating group) is 1. The summed E-state index contributed by atoms with van der Waals surface area (Å²) in [5, 5.41) is 17.2. The molecule has 0 bridgehead atoms. The van der Waals surface area contributed by atoms with Gasteiger partial charge in [-0.1, -0.05) is 5.21 Å². The maximum absolute atomic E-state index is 12.2. The fraction of sp³-hybridized carbons (Fsp3) is 0.727. The van der Waals surface area contributed by atoms with Crippen LogP contribution < -0.4 is 0 Å². The van der Waals surface area contributed by atoms with E-state index in [4.69, 9.17) is 0 Å². The van der Waals surface area contributed by atoms with Crippen molar-refractivity contribution < 1.29 is 9.90 Å². The smallest absolute Gasteiger partial charge is 0.244 e. The molecule has 0 saturated carbocycles. The lowest BCUT2D eigenvalue weighted by atomic mass is 10.2. The number of aliphatic hydroxyl groups excluding tert-OH is 1. The van der Waals surface area contributed by atoms with Gasteiger partial charge in [0.2, 0.25) is 5.91 Å². The van der Waals surface area contributed by atoms with Crippen LogP contribution in [0.4, 0.5) is 0 Å². The third-order valence-electron chi connectivity index (χ3n) is 3.06. The van der Waals surface area contributed by atoms with E-state index in [1.807, 2.05) is 19.0 Å². The Hall–Kier alpha value is -1.47. The lowest BCUT2D eigenvalue weighted by Crippen LogP contribution is -2.43. The van der Waals surface area contributed by atoms with Crippen molar-refractivity contribution in [3.05, 3.63) is 12.4 Å². The van der Waals surface area contributed by atoms with E-state index in [-0.39, 0.29) is 18.5 Å².